The molecule has 1 aromatic heterocycles. The van der Waals surface area contributed by atoms with E-state index in [9.17, 15) is 4.79 Å². The maximum absolute atomic E-state index is 12.8. The van der Waals surface area contributed by atoms with E-state index >= 15 is 0 Å². The van der Waals surface area contributed by atoms with Gasteiger partial charge < -0.3 is 10.2 Å². The van der Waals surface area contributed by atoms with Crippen LogP contribution in [0.4, 0.5) is 0 Å². The molecular formula is C22H23N3OS. The van der Waals surface area contributed by atoms with Crippen LogP contribution in [0.3, 0.4) is 0 Å². The molecule has 1 amide bonds. The summed E-state index contributed by atoms with van der Waals surface area (Å²) in [7, 11) is 0. The highest BCUT2D eigenvalue weighted by Gasteiger charge is 2.18. The maximum atomic E-state index is 12.8. The predicted molar refractivity (Wildman–Crippen MR) is 112 cm³/mol. The van der Waals surface area contributed by atoms with Crippen LogP contribution in [0.15, 0.2) is 53.4 Å². The number of nitrogens with zero attached hydrogens (tertiary/aromatic N) is 2. The number of amides is 1. The molecule has 1 N–H and O–H groups in total. The molecule has 0 atom stereocenters. The maximum Gasteiger partial charge on any atom is 0.253 e. The molecular weight excluding hydrogens is 354 g/mol. The predicted octanol–water partition coefficient (Wildman–Crippen LogP) is 3.98. The molecule has 2 heterocycles. The summed E-state index contributed by atoms with van der Waals surface area (Å²) in [5.74, 6) is 0.0977. The fraction of sp³-hybridized carbons (Fsp3) is 0.273. The SMILES string of the molecule is CSc1ccc2nc(-c3cccc(C(=O)N4CCNCC4)c3)cc(C)c2c1. The number of thioether (sulfide) groups is 1. The van der Waals surface area contributed by atoms with Gasteiger partial charge in [-0.3, -0.25) is 4.79 Å². The number of hydrogen-bond donors (Lipinski definition) is 1. The van der Waals surface area contributed by atoms with Crippen molar-refractivity contribution in [1.82, 2.24) is 15.2 Å². The highest BCUT2D eigenvalue weighted by molar-refractivity contribution is 7.98. The first-order valence-corrected chi connectivity index (χ1v) is 10.4. The van der Waals surface area contributed by atoms with Crippen LogP contribution >= 0.6 is 11.8 Å². The van der Waals surface area contributed by atoms with Crippen molar-refractivity contribution in [1.29, 1.82) is 0 Å². The van der Waals surface area contributed by atoms with Gasteiger partial charge in [0.2, 0.25) is 0 Å². The van der Waals surface area contributed by atoms with E-state index in [1.54, 1.807) is 11.8 Å². The number of benzene rings is 2. The van der Waals surface area contributed by atoms with Gasteiger partial charge in [0.05, 0.1) is 11.2 Å². The van der Waals surface area contributed by atoms with E-state index in [1.165, 1.54) is 15.8 Å². The molecule has 1 aliphatic heterocycles. The van der Waals surface area contributed by atoms with Gasteiger partial charge in [-0.05, 0) is 55.1 Å². The normalized spacial score (nSPS) is 14.5. The van der Waals surface area contributed by atoms with Gasteiger partial charge in [-0.25, -0.2) is 4.98 Å². The summed E-state index contributed by atoms with van der Waals surface area (Å²) in [4.78, 5) is 20.8. The third-order valence-corrected chi connectivity index (χ3v) is 5.76. The zero-order valence-electron chi connectivity index (χ0n) is 15.7. The number of aryl methyl sites for hydroxylation is 1. The first kappa shape index (κ1) is 18.0. The first-order chi connectivity index (χ1) is 13.2. The van der Waals surface area contributed by atoms with Gasteiger partial charge in [0.25, 0.3) is 5.91 Å². The van der Waals surface area contributed by atoms with Crippen molar-refractivity contribution in [3.63, 3.8) is 0 Å². The minimum absolute atomic E-state index is 0.0977. The second kappa shape index (κ2) is 7.71. The molecule has 3 aromatic rings. The summed E-state index contributed by atoms with van der Waals surface area (Å²) in [5, 5.41) is 4.46. The lowest BCUT2D eigenvalue weighted by Gasteiger charge is -2.27. The molecule has 0 unspecified atom stereocenters. The molecule has 138 valence electrons. The average molecular weight is 378 g/mol. The van der Waals surface area contributed by atoms with Crippen LogP contribution in [-0.2, 0) is 0 Å². The standard InChI is InChI=1S/C22H23N3OS/c1-15-12-21(24-20-7-6-18(27-2)14-19(15)20)16-4-3-5-17(13-16)22(26)25-10-8-23-9-11-25/h3-7,12-14,23H,8-11H2,1-2H3. The fourth-order valence-electron chi connectivity index (χ4n) is 3.51. The Bertz CT molecular complexity index is 996. The van der Waals surface area contributed by atoms with Crippen molar-refractivity contribution in [3.05, 3.63) is 59.7 Å². The molecule has 0 saturated carbocycles. The van der Waals surface area contributed by atoms with Gasteiger partial charge in [-0.15, -0.1) is 11.8 Å². The smallest absolute Gasteiger partial charge is 0.253 e. The molecule has 27 heavy (non-hydrogen) atoms. The Morgan fingerprint density at radius 2 is 1.93 bits per heavy atom. The molecule has 2 aromatic carbocycles. The van der Waals surface area contributed by atoms with Crippen molar-refractivity contribution >= 4 is 28.6 Å². The van der Waals surface area contributed by atoms with Crippen molar-refractivity contribution in [2.24, 2.45) is 0 Å². The van der Waals surface area contributed by atoms with Crippen LogP contribution in [0.5, 0.6) is 0 Å². The van der Waals surface area contributed by atoms with Crippen molar-refractivity contribution in [3.8, 4) is 11.3 Å². The fourth-order valence-corrected chi connectivity index (χ4v) is 3.95. The topological polar surface area (TPSA) is 45.2 Å². The van der Waals surface area contributed by atoms with Gasteiger partial charge in [0, 0.05) is 47.6 Å². The minimum Gasteiger partial charge on any atom is -0.336 e. The molecule has 1 fully saturated rings. The van der Waals surface area contributed by atoms with E-state index in [4.69, 9.17) is 4.98 Å². The Balaban J connectivity index is 1.70. The zero-order valence-corrected chi connectivity index (χ0v) is 16.5. The van der Waals surface area contributed by atoms with E-state index in [-0.39, 0.29) is 5.91 Å². The zero-order chi connectivity index (χ0) is 18.8. The molecule has 4 nitrogen and oxygen atoms in total. The van der Waals surface area contributed by atoms with Gasteiger partial charge >= 0.3 is 0 Å². The van der Waals surface area contributed by atoms with Crippen molar-refractivity contribution in [2.75, 3.05) is 32.4 Å². The molecule has 5 heteroatoms. The number of piperazine rings is 1. The monoisotopic (exact) mass is 377 g/mol. The summed E-state index contributed by atoms with van der Waals surface area (Å²) >= 11 is 1.74. The quantitative estimate of drug-likeness (QED) is 0.702. The van der Waals surface area contributed by atoms with Crippen LogP contribution < -0.4 is 5.32 Å². The van der Waals surface area contributed by atoms with Crippen LogP contribution in [0.2, 0.25) is 0 Å². The minimum atomic E-state index is 0.0977. The summed E-state index contributed by atoms with van der Waals surface area (Å²) in [5.41, 5.74) is 4.81. The third kappa shape index (κ3) is 3.70. The molecule has 1 saturated heterocycles. The van der Waals surface area contributed by atoms with Crippen LogP contribution in [-0.4, -0.2) is 48.2 Å². The van der Waals surface area contributed by atoms with E-state index in [0.29, 0.717) is 0 Å². The summed E-state index contributed by atoms with van der Waals surface area (Å²) in [6, 6.07) is 16.3. The second-order valence-corrected chi connectivity index (χ2v) is 7.71. The van der Waals surface area contributed by atoms with Crippen molar-refractivity contribution in [2.45, 2.75) is 11.8 Å². The molecule has 0 spiro atoms. The Labute approximate surface area is 164 Å². The van der Waals surface area contributed by atoms with E-state index < -0.39 is 0 Å². The number of rotatable bonds is 3. The number of pyridine rings is 1. The van der Waals surface area contributed by atoms with Gasteiger partial charge in [-0.1, -0.05) is 12.1 Å². The lowest BCUT2D eigenvalue weighted by molar-refractivity contribution is 0.0736. The van der Waals surface area contributed by atoms with E-state index in [0.717, 1.165) is 48.5 Å². The molecule has 0 aliphatic carbocycles. The highest BCUT2D eigenvalue weighted by atomic mass is 32.2. The second-order valence-electron chi connectivity index (χ2n) is 6.83. The van der Waals surface area contributed by atoms with E-state index in [1.807, 2.05) is 29.2 Å². The van der Waals surface area contributed by atoms with Gasteiger partial charge in [0.15, 0.2) is 0 Å². The largest absolute Gasteiger partial charge is 0.336 e. The number of fused-ring (bicyclic) bond motifs is 1. The Morgan fingerprint density at radius 3 is 2.70 bits per heavy atom. The van der Waals surface area contributed by atoms with Crippen LogP contribution in [0.1, 0.15) is 15.9 Å². The number of hydrogen-bond acceptors (Lipinski definition) is 4. The molecule has 1 aliphatic rings. The Kier molecular flexibility index (Phi) is 5.14. The van der Waals surface area contributed by atoms with E-state index in [2.05, 4.69) is 42.8 Å². The molecule has 0 bridgehead atoms. The highest BCUT2D eigenvalue weighted by Crippen LogP contribution is 2.28. The lowest BCUT2D eigenvalue weighted by Crippen LogP contribution is -2.46. The number of nitrogens with one attached hydrogen (secondary N) is 1. The summed E-state index contributed by atoms with van der Waals surface area (Å²) in [6.07, 6.45) is 2.08. The number of aromatic nitrogens is 1. The van der Waals surface area contributed by atoms with Gasteiger partial charge in [-0.2, -0.15) is 0 Å². The summed E-state index contributed by atoms with van der Waals surface area (Å²) in [6.45, 7) is 5.35. The first-order valence-electron chi connectivity index (χ1n) is 9.21. The number of carbonyl (C=O) groups excluding carboxylic acids is 1. The Hall–Kier alpha value is -2.37. The molecule has 0 radical (unpaired) electrons. The average Bonchev–Trinajstić information content (AvgIpc) is 2.73. The summed E-state index contributed by atoms with van der Waals surface area (Å²) < 4.78 is 0. The Morgan fingerprint density at radius 1 is 1.11 bits per heavy atom. The molecule has 4 rings (SSSR count). The van der Waals surface area contributed by atoms with Crippen LogP contribution in [0, 0.1) is 6.92 Å². The van der Waals surface area contributed by atoms with Crippen molar-refractivity contribution < 1.29 is 4.79 Å². The third-order valence-electron chi connectivity index (χ3n) is 5.03. The van der Waals surface area contributed by atoms with Crippen LogP contribution in [0.25, 0.3) is 22.2 Å². The lowest BCUT2D eigenvalue weighted by atomic mass is 10.0. The number of carbonyl (C=O) groups is 1. The van der Waals surface area contributed by atoms with Gasteiger partial charge in [0.1, 0.15) is 0 Å².